The third-order valence-electron chi connectivity index (χ3n) is 6.18. The molecular formula is C22H29FN2O. The molecule has 1 aliphatic heterocycles. The number of aryl methyl sites for hydroxylation is 1. The van der Waals surface area contributed by atoms with Gasteiger partial charge in [0.2, 0.25) is 0 Å². The van der Waals surface area contributed by atoms with E-state index in [1.807, 2.05) is 37.4 Å². The zero-order chi connectivity index (χ0) is 18.8. The number of hydrogen-bond donors (Lipinski definition) is 1. The van der Waals surface area contributed by atoms with Crippen molar-refractivity contribution in [3.05, 3.63) is 65.7 Å². The molecule has 0 amide bonds. The predicted molar refractivity (Wildman–Crippen MR) is 102 cm³/mol. The average Bonchev–Trinajstić information content (AvgIpc) is 3.09. The van der Waals surface area contributed by atoms with E-state index in [2.05, 4.69) is 29.8 Å². The summed E-state index contributed by atoms with van der Waals surface area (Å²) in [6, 6.07) is 12.7. The average molecular weight is 356 g/mol. The van der Waals surface area contributed by atoms with Gasteiger partial charge < -0.3 is 5.11 Å². The molecule has 0 aliphatic carbocycles. The lowest BCUT2D eigenvalue weighted by atomic mass is 9.77. The Labute approximate surface area is 155 Å². The number of pyridine rings is 1. The van der Waals surface area contributed by atoms with Crippen molar-refractivity contribution >= 4 is 0 Å². The van der Waals surface area contributed by atoms with Crippen LogP contribution in [-0.2, 0) is 12.0 Å². The van der Waals surface area contributed by atoms with E-state index >= 15 is 0 Å². The van der Waals surface area contributed by atoms with Crippen LogP contribution in [0.4, 0.5) is 4.39 Å². The smallest absolute Gasteiger partial charge is 0.123 e. The maximum Gasteiger partial charge on any atom is 0.123 e. The molecule has 4 heteroatoms. The first-order valence-corrected chi connectivity index (χ1v) is 9.43. The van der Waals surface area contributed by atoms with Gasteiger partial charge in [-0.3, -0.25) is 9.88 Å². The Kier molecular flexibility index (Phi) is 5.44. The second-order valence-electron chi connectivity index (χ2n) is 8.11. The third kappa shape index (κ3) is 3.81. The number of benzene rings is 1. The first kappa shape index (κ1) is 19.0. The largest absolute Gasteiger partial charge is 0.393 e. The van der Waals surface area contributed by atoms with Gasteiger partial charge in [0.05, 0.1) is 17.3 Å². The Bertz CT molecular complexity index is 715. The van der Waals surface area contributed by atoms with Gasteiger partial charge >= 0.3 is 0 Å². The number of nitrogens with zero attached hydrogens (tertiary/aromatic N) is 2. The standard InChI is InChI=1S/C22H29FN2O/c1-17(26)22(12-11-18-7-9-19(23)10-8-18)13-15-25(16-22)21(2,3)20-6-4-5-14-24-20/h4-10,14,17,26H,11-13,15-16H2,1-3H3/t17-,22-/m1/s1. The Balaban J connectivity index is 1.74. The molecule has 140 valence electrons. The fourth-order valence-electron chi connectivity index (χ4n) is 4.06. The van der Waals surface area contributed by atoms with Gasteiger partial charge in [0.25, 0.3) is 0 Å². The molecule has 1 aromatic heterocycles. The molecule has 0 spiro atoms. The van der Waals surface area contributed by atoms with Crippen molar-refractivity contribution in [2.24, 2.45) is 5.41 Å². The van der Waals surface area contributed by atoms with Crippen molar-refractivity contribution in [1.29, 1.82) is 0 Å². The highest BCUT2D eigenvalue weighted by Crippen LogP contribution is 2.43. The van der Waals surface area contributed by atoms with Gasteiger partial charge in [0.15, 0.2) is 0 Å². The SMILES string of the molecule is C[C@@H](O)[C@]1(CCc2ccc(F)cc2)CCN(C(C)(C)c2ccccn2)C1. The molecule has 0 unspecified atom stereocenters. The first-order valence-electron chi connectivity index (χ1n) is 9.43. The van der Waals surface area contributed by atoms with Crippen LogP contribution in [0.15, 0.2) is 48.7 Å². The molecule has 1 N–H and O–H groups in total. The van der Waals surface area contributed by atoms with Gasteiger partial charge in [-0.1, -0.05) is 18.2 Å². The van der Waals surface area contributed by atoms with Crippen molar-refractivity contribution < 1.29 is 9.50 Å². The van der Waals surface area contributed by atoms with Crippen LogP contribution in [0.5, 0.6) is 0 Å². The summed E-state index contributed by atoms with van der Waals surface area (Å²) in [6.07, 6.45) is 4.16. The Morgan fingerprint density at radius 1 is 1.23 bits per heavy atom. The minimum atomic E-state index is -0.382. The summed E-state index contributed by atoms with van der Waals surface area (Å²) in [7, 11) is 0. The molecule has 0 bridgehead atoms. The van der Waals surface area contributed by atoms with E-state index < -0.39 is 0 Å². The van der Waals surface area contributed by atoms with Crippen LogP contribution in [-0.4, -0.2) is 34.2 Å². The summed E-state index contributed by atoms with van der Waals surface area (Å²) in [4.78, 5) is 6.99. The minimum absolute atomic E-state index is 0.138. The van der Waals surface area contributed by atoms with Crippen LogP contribution in [0, 0.1) is 11.2 Å². The Morgan fingerprint density at radius 3 is 2.58 bits per heavy atom. The number of halogens is 1. The second-order valence-corrected chi connectivity index (χ2v) is 8.11. The van der Waals surface area contributed by atoms with Crippen molar-refractivity contribution in [2.45, 2.75) is 51.7 Å². The molecule has 1 aromatic carbocycles. The monoisotopic (exact) mass is 356 g/mol. The van der Waals surface area contributed by atoms with Crippen LogP contribution in [0.25, 0.3) is 0 Å². The highest BCUT2D eigenvalue weighted by Gasteiger charge is 2.46. The van der Waals surface area contributed by atoms with Gasteiger partial charge in [-0.05, 0) is 76.4 Å². The number of aliphatic hydroxyl groups is 1. The van der Waals surface area contributed by atoms with Gasteiger partial charge in [0.1, 0.15) is 5.82 Å². The highest BCUT2D eigenvalue weighted by molar-refractivity contribution is 5.18. The zero-order valence-corrected chi connectivity index (χ0v) is 16.0. The van der Waals surface area contributed by atoms with E-state index in [0.29, 0.717) is 0 Å². The summed E-state index contributed by atoms with van der Waals surface area (Å²) in [6.45, 7) is 8.09. The van der Waals surface area contributed by atoms with Gasteiger partial charge in [-0.2, -0.15) is 0 Å². The number of hydrogen-bond acceptors (Lipinski definition) is 3. The molecule has 1 saturated heterocycles. The third-order valence-corrected chi connectivity index (χ3v) is 6.18. The summed E-state index contributed by atoms with van der Waals surface area (Å²) in [5.41, 5.74) is 1.86. The second kappa shape index (κ2) is 7.45. The van der Waals surface area contributed by atoms with Gasteiger partial charge in [0, 0.05) is 18.2 Å². The number of aliphatic hydroxyl groups excluding tert-OH is 1. The van der Waals surface area contributed by atoms with Crippen molar-refractivity contribution in [3.63, 3.8) is 0 Å². The summed E-state index contributed by atoms with van der Waals surface area (Å²) in [5.74, 6) is -0.205. The molecule has 3 nitrogen and oxygen atoms in total. The lowest BCUT2D eigenvalue weighted by molar-refractivity contribution is 0.0253. The van der Waals surface area contributed by atoms with Crippen LogP contribution >= 0.6 is 0 Å². The van der Waals surface area contributed by atoms with Crippen LogP contribution in [0.2, 0.25) is 0 Å². The molecule has 2 aromatic rings. The van der Waals surface area contributed by atoms with Gasteiger partial charge in [-0.25, -0.2) is 4.39 Å². The van der Waals surface area contributed by atoms with Crippen LogP contribution < -0.4 is 0 Å². The maximum atomic E-state index is 13.1. The molecule has 3 rings (SSSR count). The Morgan fingerprint density at radius 2 is 1.96 bits per heavy atom. The van der Waals surface area contributed by atoms with E-state index in [1.165, 1.54) is 12.1 Å². The quantitative estimate of drug-likeness (QED) is 0.844. The highest BCUT2D eigenvalue weighted by atomic mass is 19.1. The van der Waals surface area contributed by atoms with E-state index in [4.69, 9.17) is 0 Å². The summed E-state index contributed by atoms with van der Waals surface area (Å²) in [5, 5.41) is 10.6. The normalized spacial score (nSPS) is 22.5. The number of aromatic nitrogens is 1. The summed E-state index contributed by atoms with van der Waals surface area (Å²) >= 11 is 0. The molecular weight excluding hydrogens is 327 g/mol. The van der Waals surface area contributed by atoms with E-state index in [-0.39, 0.29) is 22.9 Å². The molecule has 0 saturated carbocycles. The zero-order valence-electron chi connectivity index (χ0n) is 16.0. The van der Waals surface area contributed by atoms with Crippen molar-refractivity contribution in [2.75, 3.05) is 13.1 Å². The Hall–Kier alpha value is -1.78. The van der Waals surface area contributed by atoms with E-state index in [0.717, 1.165) is 43.6 Å². The van der Waals surface area contributed by atoms with E-state index in [9.17, 15) is 9.50 Å². The van der Waals surface area contributed by atoms with Crippen molar-refractivity contribution in [3.8, 4) is 0 Å². The van der Waals surface area contributed by atoms with Crippen LogP contribution in [0.1, 0.15) is 44.9 Å². The molecule has 1 aliphatic rings. The topological polar surface area (TPSA) is 36.4 Å². The summed E-state index contributed by atoms with van der Waals surface area (Å²) < 4.78 is 13.1. The van der Waals surface area contributed by atoms with Crippen molar-refractivity contribution in [1.82, 2.24) is 9.88 Å². The lowest BCUT2D eigenvalue weighted by Gasteiger charge is -2.38. The lowest BCUT2D eigenvalue weighted by Crippen LogP contribution is -2.44. The number of rotatable bonds is 6. The van der Waals surface area contributed by atoms with Crippen LogP contribution in [0.3, 0.4) is 0 Å². The molecule has 1 fully saturated rings. The first-order chi connectivity index (χ1) is 12.3. The minimum Gasteiger partial charge on any atom is -0.393 e. The molecule has 26 heavy (non-hydrogen) atoms. The molecule has 2 atom stereocenters. The van der Waals surface area contributed by atoms with E-state index in [1.54, 1.807) is 0 Å². The number of likely N-dealkylation sites (tertiary alicyclic amines) is 1. The molecule has 2 heterocycles. The fraction of sp³-hybridized carbons (Fsp3) is 0.500. The maximum absolute atomic E-state index is 13.1. The van der Waals surface area contributed by atoms with Gasteiger partial charge in [-0.15, -0.1) is 0 Å². The molecule has 0 radical (unpaired) electrons. The fourth-order valence-corrected chi connectivity index (χ4v) is 4.06. The predicted octanol–water partition coefficient (Wildman–Crippen LogP) is 4.16.